The van der Waals surface area contributed by atoms with Crippen molar-refractivity contribution < 1.29 is 9.84 Å². The zero-order chi connectivity index (χ0) is 18.2. The quantitative estimate of drug-likeness (QED) is 0.310. The van der Waals surface area contributed by atoms with E-state index >= 15 is 0 Å². The third-order valence-electron chi connectivity index (χ3n) is 4.70. The lowest BCUT2D eigenvalue weighted by Crippen LogP contribution is -2.48. The summed E-state index contributed by atoms with van der Waals surface area (Å²) in [6, 6.07) is 9.68. The second kappa shape index (κ2) is 11.4. The van der Waals surface area contributed by atoms with Gasteiger partial charge in [0.2, 0.25) is 0 Å². The molecule has 26 heavy (non-hydrogen) atoms. The standard InChI is InChI=1S/C19H31N3O2S.HI/c1-4-20-17(22-15-19(25-3)10-12-24-13-11-19)21-14-18(2,23)16-8-6-5-7-9-16;/h5-9,23H,4,10-15H2,1-3H3,(H2,20,21,22);1H. The Morgan fingerprint density at radius 2 is 1.92 bits per heavy atom. The van der Waals surface area contributed by atoms with Crippen molar-refractivity contribution in [2.75, 3.05) is 39.1 Å². The molecule has 1 aliphatic heterocycles. The molecule has 2 rings (SSSR count). The van der Waals surface area contributed by atoms with Crippen LogP contribution in [-0.4, -0.2) is 54.9 Å². The second-order valence-electron chi connectivity index (χ2n) is 6.69. The Hall–Kier alpha value is -0.510. The Kier molecular flexibility index (Phi) is 10.3. The number of benzene rings is 1. The molecule has 1 unspecified atom stereocenters. The number of nitrogens with zero attached hydrogens (tertiary/aromatic N) is 1. The van der Waals surface area contributed by atoms with E-state index in [0.29, 0.717) is 6.54 Å². The van der Waals surface area contributed by atoms with Gasteiger partial charge in [0.15, 0.2) is 5.96 Å². The maximum atomic E-state index is 10.7. The van der Waals surface area contributed by atoms with Gasteiger partial charge in [-0.05, 0) is 38.5 Å². The molecule has 3 N–H and O–H groups in total. The predicted octanol–water partition coefficient (Wildman–Crippen LogP) is 2.98. The molecular formula is C19H32IN3O2S. The number of ether oxygens (including phenoxy) is 1. The molecule has 0 bridgehead atoms. The van der Waals surface area contributed by atoms with Crippen molar-refractivity contribution in [1.82, 2.24) is 10.6 Å². The average molecular weight is 493 g/mol. The minimum atomic E-state index is -0.987. The molecule has 1 fully saturated rings. The first-order chi connectivity index (χ1) is 12.0. The number of aliphatic hydroxyl groups is 1. The summed E-state index contributed by atoms with van der Waals surface area (Å²) < 4.78 is 5.69. The van der Waals surface area contributed by atoms with Crippen molar-refractivity contribution >= 4 is 41.7 Å². The minimum absolute atomic E-state index is 0. The maximum Gasteiger partial charge on any atom is 0.191 e. The lowest BCUT2D eigenvalue weighted by molar-refractivity contribution is 0.0672. The molecule has 1 heterocycles. The molecular weight excluding hydrogens is 461 g/mol. The van der Waals surface area contributed by atoms with E-state index < -0.39 is 5.60 Å². The lowest BCUT2D eigenvalue weighted by Gasteiger charge is -2.36. The fourth-order valence-corrected chi connectivity index (χ4v) is 3.70. The van der Waals surface area contributed by atoms with Crippen LogP contribution in [0.3, 0.4) is 0 Å². The minimum Gasteiger partial charge on any atom is -0.384 e. The Morgan fingerprint density at radius 1 is 1.27 bits per heavy atom. The summed E-state index contributed by atoms with van der Waals surface area (Å²) >= 11 is 1.90. The molecule has 0 spiro atoms. The summed E-state index contributed by atoms with van der Waals surface area (Å²) in [5, 5.41) is 17.5. The monoisotopic (exact) mass is 493 g/mol. The van der Waals surface area contributed by atoms with Crippen molar-refractivity contribution in [3.05, 3.63) is 35.9 Å². The van der Waals surface area contributed by atoms with Crippen LogP contribution >= 0.6 is 35.7 Å². The largest absolute Gasteiger partial charge is 0.384 e. The number of thioether (sulfide) groups is 1. The highest BCUT2D eigenvalue weighted by Crippen LogP contribution is 2.33. The van der Waals surface area contributed by atoms with E-state index in [-0.39, 0.29) is 28.7 Å². The van der Waals surface area contributed by atoms with E-state index in [2.05, 4.69) is 21.9 Å². The van der Waals surface area contributed by atoms with Crippen LogP contribution in [0.25, 0.3) is 0 Å². The van der Waals surface area contributed by atoms with Gasteiger partial charge in [0.1, 0.15) is 5.60 Å². The van der Waals surface area contributed by atoms with E-state index in [9.17, 15) is 5.11 Å². The van der Waals surface area contributed by atoms with Gasteiger partial charge in [0, 0.05) is 31.1 Å². The molecule has 7 heteroatoms. The van der Waals surface area contributed by atoms with Crippen LogP contribution in [0, 0.1) is 0 Å². The van der Waals surface area contributed by atoms with Crippen LogP contribution < -0.4 is 10.6 Å². The first-order valence-electron chi connectivity index (χ1n) is 8.94. The summed E-state index contributed by atoms with van der Waals surface area (Å²) in [7, 11) is 0. The number of nitrogens with one attached hydrogen (secondary N) is 2. The van der Waals surface area contributed by atoms with Crippen LogP contribution in [0.1, 0.15) is 32.3 Å². The normalized spacial score (nSPS) is 19.2. The van der Waals surface area contributed by atoms with Crippen LogP contribution in [0.4, 0.5) is 0 Å². The molecule has 5 nitrogen and oxygen atoms in total. The highest BCUT2D eigenvalue weighted by Gasteiger charge is 2.32. The van der Waals surface area contributed by atoms with E-state index in [1.807, 2.05) is 49.0 Å². The molecule has 0 radical (unpaired) electrons. The summed E-state index contributed by atoms with van der Waals surface area (Å²) in [5.74, 6) is 0.749. The first kappa shape index (κ1) is 23.5. The fourth-order valence-electron chi connectivity index (χ4n) is 2.90. The fraction of sp³-hybridized carbons (Fsp3) is 0.632. The molecule has 0 aromatic heterocycles. The zero-order valence-corrected chi connectivity index (χ0v) is 19.1. The Labute approximate surface area is 178 Å². The van der Waals surface area contributed by atoms with E-state index in [4.69, 9.17) is 4.74 Å². The second-order valence-corrected chi connectivity index (χ2v) is 7.96. The highest BCUT2D eigenvalue weighted by molar-refractivity contribution is 14.0. The summed E-state index contributed by atoms with van der Waals surface area (Å²) in [6.45, 7) is 7.42. The van der Waals surface area contributed by atoms with Crippen LogP contribution in [0.15, 0.2) is 35.3 Å². The molecule has 1 aliphatic rings. The molecule has 1 atom stereocenters. The molecule has 1 aromatic rings. The van der Waals surface area contributed by atoms with Gasteiger partial charge < -0.3 is 20.5 Å². The number of aliphatic imine (C=N–C) groups is 1. The van der Waals surface area contributed by atoms with Crippen molar-refractivity contribution in [2.24, 2.45) is 4.99 Å². The molecule has 1 aromatic carbocycles. The van der Waals surface area contributed by atoms with Gasteiger partial charge in [-0.3, -0.25) is 0 Å². The van der Waals surface area contributed by atoms with E-state index in [1.165, 1.54) is 0 Å². The zero-order valence-electron chi connectivity index (χ0n) is 16.0. The van der Waals surface area contributed by atoms with Crippen LogP contribution in [0.5, 0.6) is 0 Å². The number of hydrogen-bond donors (Lipinski definition) is 3. The number of rotatable bonds is 7. The first-order valence-corrected chi connectivity index (χ1v) is 10.2. The molecule has 0 amide bonds. The molecule has 1 saturated heterocycles. The highest BCUT2D eigenvalue weighted by atomic mass is 127. The van der Waals surface area contributed by atoms with Crippen LogP contribution in [-0.2, 0) is 10.3 Å². The van der Waals surface area contributed by atoms with Gasteiger partial charge in [-0.15, -0.1) is 24.0 Å². The number of hydrogen-bond acceptors (Lipinski definition) is 4. The van der Waals surface area contributed by atoms with Crippen LogP contribution in [0.2, 0.25) is 0 Å². The summed E-state index contributed by atoms with van der Waals surface area (Å²) in [6.07, 6.45) is 4.25. The van der Waals surface area contributed by atoms with Gasteiger partial charge >= 0.3 is 0 Å². The third kappa shape index (κ3) is 6.90. The van der Waals surface area contributed by atoms with Gasteiger partial charge in [-0.2, -0.15) is 11.8 Å². The van der Waals surface area contributed by atoms with Crippen molar-refractivity contribution in [2.45, 2.75) is 37.0 Å². The van der Waals surface area contributed by atoms with Gasteiger partial charge in [0.05, 0.1) is 6.54 Å². The Bertz CT molecular complexity index is 549. The smallest absolute Gasteiger partial charge is 0.191 e. The number of halogens is 1. The average Bonchev–Trinajstić information content (AvgIpc) is 2.65. The third-order valence-corrected chi connectivity index (χ3v) is 6.12. The van der Waals surface area contributed by atoms with Gasteiger partial charge in [0.25, 0.3) is 0 Å². The van der Waals surface area contributed by atoms with Crippen molar-refractivity contribution in [3.8, 4) is 0 Å². The van der Waals surface area contributed by atoms with Gasteiger partial charge in [-0.25, -0.2) is 4.99 Å². The maximum absolute atomic E-state index is 10.7. The Morgan fingerprint density at radius 3 is 2.50 bits per heavy atom. The lowest BCUT2D eigenvalue weighted by atomic mass is 9.96. The topological polar surface area (TPSA) is 65.9 Å². The summed E-state index contributed by atoms with van der Waals surface area (Å²) in [5.41, 5.74) is -0.112. The molecule has 148 valence electrons. The predicted molar refractivity (Wildman–Crippen MR) is 122 cm³/mol. The van der Waals surface area contributed by atoms with E-state index in [1.54, 1.807) is 6.92 Å². The van der Waals surface area contributed by atoms with Crippen molar-refractivity contribution in [3.63, 3.8) is 0 Å². The molecule has 0 aliphatic carbocycles. The molecule has 0 saturated carbocycles. The van der Waals surface area contributed by atoms with E-state index in [0.717, 1.165) is 50.7 Å². The summed E-state index contributed by atoms with van der Waals surface area (Å²) in [4.78, 5) is 4.62. The van der Waals surface area contributed by atoms with Gasteiger partial charge in [-0.1, -0.05) is 30.3 Å². The SMILES string of the molecule is CCNC(=NCC(C)(O)c1ccccc1)NCC1(SC)CCOCC1.I. The Balaban J connectivity index is 0.00000338. The van der Waals surface area contributed by atoms with Crippen molar-refractivity contribution in [1.29, 1.82) is 0 Å². The number of guanidine groups is 1.